The molecule has 4 rings (SSSR count). The van der Waals surface area contributed by atoms with E-state index in [9.17, 15) is 9.59 Å². The monoisotopic (exact) mass is 405 g/mol. The molecule has 2 aromatic carbocycles. The predicted molar refractivity (Wildman–Crippen MR) is 114 cm³/mol. The van der Waals surface area contributed by atoms with E-state index in [4.69, 9.17) is 14.8 Å². The summed E-state index contributed by atoms with van der Waals surface area (Å²) in [6, 6.07) is 14.3. The summed E-state index contributed by atoms with van der Waals surface area (Å²) in [6.07, 6.45) is 7.04. The molecule has 0 amide bonds. The summed E-state index contributed by atoms with van der Waals surface area (Å²) < 4.78 is 6.64. The summed E-state index contributed by atoms with van der Waals surface area (Å²) in [5.41, 5.74) is 1.21. The number of carboxylic acid groups (broad SMARTS) is 1. The van der Waals surface area contributed by atoms with Crippen molar-refractivity contribution in [2.24, 2.45) is 5.10 Å². The third-order valence-corrected chi connectivity index (χ3v) is 5.29. The van der Waals surface area contributed by atoms with E-state index in [-0.39, 0.29) is 11.5 Å². The van der Waals surface area contributed by atoms with Gasteiger partial charge in [-0.05, 0) is 42.7 Å². The highest BCUT2D eigenvalue weighted by molar-refractivity contribution is 5.81. The number of carboxylic acids is 1. The number of carbonyl (C=O) groups is 1. The first-order valence-corrected chi connectivity index (χ1v) is 10.1. The molecule has 1 aliphatic rings. The molecule has 1 aliphatic carbocycles. The number of ether oxygens (including phenoxy) is 1. The molecule has 154 valence electrons. The zero-order valence-electron chi connectivity index (χ0n) is 16.5. The second-order valence-electron chi connectivity index (χ2n) is 7.44. The number of para-hydroxylation sites is 1. The molecule has 0 unspecified atom stereocenters. The van der Waals surface area contributed by atoms with Gasteiger partial charge in [-0.15, -0.1) is 0 Å². The molecule has 7 heteroatoms. The summed E-state index contributed by atoms with van der Waals surface area (Å²) in [4.78, 5) is 28.7. The van der Waals surface area contributed by atoms with E-state index in [1.807, 2.05) is 24.3 Å². The van der Waals surface area contributed by atoms with Crippen LogP contribution in [0.15, 0.2) is 58.4 Å². The minimum atomic E-state index is -1.04. The van der Waals surface area contributed by atoms with E-state index in [0.29, 0.717) is 28.0 Å². The number of fused-ring (bicyclic) bond motifs is 1. The Morgan fingerprint density at radius 1 is 1.17 bits per heavy atom. The molecule has 0 saturated heterocycles. The second kappa shape index (κ2) is 8.90. The molecule has 1 N–H and O–H groups in total. The first-order valence-electron chi connectivity index (χ1n) is 10.1. The Morgan fingerprint density at radius 3 is 2.77 bits per heavy atom. The van der Waals surface area contributed by atoms with Crippen LogP contribution >= 0.6 is 0 Å². The van der Waals surface area contributed by atoms with Crippen molar-refractivity contribution in [2.45, 2.75) is 38.0 Å². The van der Waals surface area contributed by atoms with Gasteiger partial charge in [0.2, 0.25) is 0 Å². The summed E-state index contributed by atoms with van der Waals surface area (Å²) in [6.45, 7) is -0.416. The van der Waals surface area contributed by atoms with Crippen molar-refractivity contribution in [3.8, 4) is 5.75 Å². The molecule has 0 spiro atoms. The molecule has 0 aliphatic heterocycles. The van der Waals surface area contributed by atoms with Crippen LogP contribution in [0.4, 0.5) is 0 Å². The second-order valence-corrected chi connectivity index (χ2v) is 7.44. The van der Waals surface area contributed by atoms with Gasteiger partial charge in [0.05, 0.1) is 17.1 Å². The lowest BCUT2D eigenvalue weighted by Crippen LogP contribution is -2.25. The van der Waals surface area contributed by atoms with Crippen molar-refractivity contribution >= 4 is 23.1 Å². The van der Waals surface area contributed by atoms with Crippen molar-refractivity contribution in [1.29, 1.82) is 0 Å². The van der Waals surface area contributed by atoms with Crippen LogP contribution < -0.4 is 10.3 Å². The van der Waals surface area contributed by atoms with Gasteiger partial charge in [0.1, 0.15) is 11.6 Å². The molecule has 0 bridgehead atoms. The average Bonchev–Trinajstić information content (AvgIpc) is 2.78. The Balaban J connectivity index is 1.72. The fourth-order valence-electron chi connectivity index (χ4n) is 3.83. The summed E-state index contributed by atoms with van der Waals surface area (Å²) >= 11 is 0. The lowest BCUT2D eigenvalue weighted by Gasteiger charge is -2.22. The highest BCUT2D eigenvalue weighted by Crippen LogP contribution is 2.31. The van der Waals surface area contributed by atoms with Crippen LogP contribution in [-0.4, -0.2) is 33.6 Å². The summed E-state index contributed by atoms with van der Waals surface area (Å²) in [7, 11) is 0. The van der Waals surface area contributed by atoms with Gasteiger partial charge < -0.3 is 9.84 Å². The van der Waals surface area contributed by atoms with Crippen molar-refractivity contribution in [3.05, 3.63) is 70.3 Å². The number of hydrogen-bond acceptors (Lipinski definition) is 5. The number of benzene rings is 2. The van der Waals surface area contributed by atoms with Gasteiger partial charge >= 0.3 is 5.97 Å². The van der Waals surface area contributed by atoms with Gasteiger partial charge in [-0.2, -0.15) is 9.78 Å². The minimum Gasteiger partial charge on any atom is -0.482 e. The molecular formula is C23H23N3O4. The van der Waals surface area contributed by atoms with Crippen molar-refractivity contribution in [3.63, 3.8) is 0 Å². The summed E-state index contributed by atoms with van der Waals surface area (Å²) in [5, 5.41) is 13.8. The third kappa shape index (κ3) is 4.40. The smallest absolute Gasteiger partial charge is 0.341 e. The zero-order valence-corrected chi connectivity index (χ0v) is 16.5. The van der Waals surface area contributed by atoms with Crippen LogP contribution in [-0.2, 0) is 4.79 Å². The Bertz CT molecular complexity index is 1150. The van der Waals surface area contributed by atoms with Gasteiger partial charge in [-0.3, -0.25) is 4.79 Å². The number of rotatable bonds is 6. The Hall–Kier alpha value is -3.48. The Kier molecular flexibility index (Phi) is 5.88. The normalized spacial score (nSPS) is 14.9. The van der Waals surface area contributed by atoms with Gasteiger partial charge in [0, 0.05) is 5.92 Å². The average molecular weight is 405 g/mol. The van der Waals surface area contributed by atoms with E-state index in [1.165, 1.54) is 11.1 Å². The molecule has 7 nitrogen and oxygen atoms in total. The number of aromatic nitrogens is 2. The van der Waals surface area contributed by atoms with Crippen molar-refractivity contribution in [2.75, 3.05) is 6.61 Å². The molecule has 1 fully saturated rings. The molecule has 0 radical (unpaired) electrons. The predicted octanol–water partition coefficient (Wildman–Crippen LogP) is 3.79. The van der Waals surface area contributed by atoms with Crippen LogP contribution in [0.5, 0.6) is 5.75 Å². The summed E-state index contributed by atoms with van der Waals surface area (Å²) in [5.74, 6) is 0.296. The van der Waals surface area contributed by atoms with Crippen LogP contribution in [0.25, 0.3) is 10.9 Å². The first kappa shape index (κ1) is 19.8. The molecule has 1 saturated carbocycles. The topological polar surface area (TPSA) is 93.8 Å². The van der Waals surface area contributed by atoms with E-state index < -0.39 is 12.6 Å². The van der Waals surface area contributed by atoms with E-state index in [2.05, 4.69) is 5.10 Å². The minimum absolute atomic E-state index is 0.185. The van der Waals surface area contributed by atoms with Crippen LogP contribution in [0.3, 0.4) is 0 Å². The maximum absolute atomic E-state index is 13.2. The molecule has 3 aromatic rings. The Morgan fingerprint density at radius 2 is 1.97 bits per heavy atom. The standard InChI is InChI=1S/C23H23N3O4/c27-21(28)15-30-18-10-6-7-16(13-18)14-24-26-22(17-8-2-1-3-9-17)25-20-12-5-4-11-19(20)23(26)29/h4-7,10-14,17H,1-3,8-9,15H2,(H,27,28). The highest BCUT2D eigenvalue weighted by atomic mass is 16.5. The highest BCUT2D eigenvalue weighted by Gasteiger charge is 2.22. The lowest BCUT2D eigenvalue weighted by atomic mass is 9.88. The number of aliphatic carboxylic acids is 1. The van der Waals surface area contributed by atoms with Crippen LogP contribution in [0.1, 0.15) is 49.4 Å². The Labute approximate surface area is 173 Å². The fourth-order valence-corrected chi connectivity index (χ4v) is 3.83. The maximum atomic E-state index is 13.2. The number of nitrogens with zero attached hydrogens (tertiary/aromatic N) is 3. The van der Waals surface area contributed by atoms with Gasteiger partial charge in [0.15, 0.2) is 6.61 Å². The fraction of sp³-hybridized carbons (Fsp3) is 0.304. The maximum Gasteiger partial charge on any atom is 0.341 e. The lowest BCUT2D eigenvalue weighted by molar-refractivity contribution is -0.139. The SMILES string of the molecule is O=C(O)COc1cccc(C=Nn2c(C3CCCCC3)nc3ccccc3c2=O)c1. The first-order chi connectivity index (χ1) is 14.6. The number of hydrogen-bond donors (Lipinski definition) is 1. The largest absolute Gasteiger partial charge is 0.482 e. The van der Waals surface area contributed by atoms with E-state index >= 15 is 0 Å². The van der Waals surface area contributed by atoms with Gasteiger partial charge in [-0.25, -0.2) is 9.78 Å². The van der Waals surface area contributed by atoms with Gasteiger partial charge in [0.25, 0.3) is 5.56 Å². The quantitative estimate of drug-likeness (QED) is 0.630. The van der Waals surface area contributed by atoms with E-state index in [1.54, 1.807) is 30.5 Å². The van der Waals surface area contributed by atoms with Crippen LogP contribution in [0, 0.1) is 0 Å². The molecule has 30 heavy (non-hydrogen) atoms. The third-order valence-electron chi connectivity index (χ3n) is 5.29. The molecule has 1 heterocycles. The van der Waals surface area contributed by atoms with Crippen LogP contribution in [0.2, 0.25) is 0 Å². The molecular weight excluding hydrogens is 382 g/mol. The molecule has 1 aromatic heterocycles. The van der Waals surface area contributed by atoms with Gasteiger partial charge in [-0.1, -0.05) is 43.5 Å². The van der Waals surface area contributed by atoms with Crippen molar-refractivity contribution in [1.82, 2.24) is 9.66 Å². The van der Waals surface area contributed by atoms with Crippen molar-refractivity contribution < 1.29 is 14.6 Å². The zero-order chi connectivity index (χ0) is 20.9. The van der Waals surface area contributed by atoms with E-state index in [0.717, 1.165) is 25.7 Å². The molecule has 0 atom stereocenters.